The Balaban J connectivity index is 2.67. The molecule has 15 heavy (non-hydrogen) atoms. The van der Waals surface area contributed by atoms with E-state index in [2.05, 4.69) is 0 Å². The van der Waals surface area contributed by atoms with Crippen molar-refractivity contribution >= 4 is 5.97 Å². The minimum Gasteiger partial charge on any atom is -0.481 e. The van der Waals surface area contributed by atoms with Gasteiger partial charge in [-0.3, -0.25) is 4.79 Å². The number of carbonyl (C=O) groups is 1. The van der Waals surface area contributed by atoms with Crippen LogP contribution in [0.1, 0.15) is 39.0 Å². The van der Waals surface area contributed by atoms with Crippen LogP contribution in [0.2, 0.25) is 0 Å². The first-order valence-electron chi connectivity index (χ1n) is 5.70. The van der Waals surface area contributed by atoms with Gasteiger partial charge < -0.3 is 10.2 Å². The van der Waals surface area contributed by atoms with Crippen molar-refractivity contribution in [2.75, 3.05) is 0 Å². The molecule has 1 fully saturated rings. The molecule has 0 spiro atoms. The van der Waals surface area contributed by atoms with Gasteiger partial charge in [0, 0.05) is 0 Å². The number of hydrogen-bond acceptors (Lipinski definition) is 2. The SMILES string of the molecule is CC=C[C@@H](O)[C@@H](C(=O)O)C1CCCCC1. The minimum atomic E-state index is -0.868. The maximum atomic E-state index is 11.1. The van der Waals surface area contributed by atoms with Gasteiger partial charge in [0.15, 0.2) is 0 Å². The second-order valence-corrected chi connectivity index (χ2v) is 4.28. The van der Waals surface area contributed by atoms with Crippen LogP contribution in [0.15, 0.2) is 12.2 Å². The summed E-state index contributed by atoms with van der Waals surface area (Å²) in [6, 6.07) is 0. The molecule has 0 amide bonds. The van der Waals surface area contributed by atoms with Gasteiger partial charge in [0.2, 0.25) is 0 Å². The third kappa shape index (κ3) is 3.34. The Labute approximate surface area is 90.8 Å². The standard InChI is InChI=1S/C12H20O3/c1-2-6-10(13)11(12(14)15)9-7-4-3-5-8-9/h2,6,9-11,13H,3-5,7-8H2,1H3,(H,14,15)/t10-,11+/m1/s1. The molecule has 1 rings (SSSR count). The van der Waals surface area contributed by atoms with Crippen molar-refractivity contribution in [3.05, 3.63) is 12.2 Å². The predicted molar refractivity (Wildman–Crippen MR) is 58.5 cm³/mol. The van der Waals surface area contributed by atoms with Crippen LogP contribution < -0.4 is 0 Å². The highest BCUT2D eigenvalue weighted by Gasteiger charge is 2.33. The van der Waals surface area contributed by atoms with Crippen molar-refractivity contribution < 1.29 is 15.0 Å². The lowest BCUT2D eigenvalue weighted by Gasteiger charge is -2.29. The monoisotopic (exact) mass is 212 g/mol. The van der Waals surface area contributed by atoms with E-state index in [-0.39, 0.29) is 5.92 Å². The molecule has 0 bridgehead atoms. The molecular weight excluding hydrogens is 192 g/mol. The zero-order chi connectivity index (χ0) is 11.3. The van der Waals surface area contributed by atoms with Crippen molar-refractivity contribution in [1.29, 1.82) is 0 Å². The van der Waals surface area contributed by atoms with Crippen molar-refractivity contribution in [3.8, 4) is 0 Å². The lowest BCUT2D eigenvalue weighted by atomic mass is 9.77. The molecule has 0 heterocycles. The fourth-order valence-corrected chi connectivity index (χ4v) is 2.44. The number of aliphatic hydroxyl groups is 1. The van der Waals surface area contributed by atoms with Crippen LogP contribution in [0.4, 0.5) is 0 Å². The summed E-state index contributed by atoms with van der Waals surface area (Å²) in [4.78, 5) is 11.1. The topological polar surface area (TPSA) is 57.5 Å². The molecule has 0 radical (unpaired) electrons. The summed E-state index contributed by atoms with van der Waals surface area (Å²) in [7, 11) is 0. The van der Waals surface area contributed by atoms with E-state index in [1.54, 1.807) is 19.1 Å². The van der Waals surface area contributed by atoms with E-state index >= 15 is 0 Å². The molecule has 1 saturated carbocycles. The average Bonchev–Trinajstić information content (AvgIpc) is 2.19. The maximum absolute atomic E-state index is 11.1. The molecule has 0 aliphatic heterocycles. The lowest BCUT2D eigenvalue weighted by Crippen LogP contribution is -2.34. The first-order valence-corrected chi connectivity index (χ1v) is 5.70. The quantitative estimate of drug-likeness (QED) is 0.702. The van der Waals surface area contributed by atoms with E-state index in [1.807, 2.05) is 0 Å². The van der Waals surface area contributed by atoms with Crippen LogP contribution in [0.25, 0.3) is 0 Å². The lowest BCUT2D eigenvalue weighted by molar-refractivity contribution is -0.147. The van der Waals surface area contributed by atoms with Crippen molar-refractivity contribution in [3.63, 3.8) is 0 Å². The second kappa shape index (κ2) is 5.91. The molecule has 3 nitrogen and oxygen atoms in total. The largest absolute Gasteiger partial charge is 0.481 e. The summed E-state index contributed by atoms with van der Waals surface area (Å²) in [5.41, 5.74) is 0. The molecule has 0 saturated heterocycles. The van der Waals surface area contributed by atoms with Crippen LogP contribution in [0, 0.1) is 11.8 Å². The number of allylic oxidation sites excluding steroid dienone is 1. The number of aliphatic carboxylic acids is 1. The minimum absolute atomic E-state index is 0.141. The normalized spacial score (nSPS) is 22.8. The van der Waals surface area contributed by atoms with Crippen molar-refractivity contribution in [2.24, 2.45) is 11.8 Å². The molecular formula is C12H20O3. The van der Waals surface area contributed by atoms with Gasteiger partial charge in [-0.05, 0) is 25.7 Å². The first-order chi connectivity index (χ1) is 7.16. The predicted octanol–water partition coefficient (Wildman–Crippen LogP) is 2.20. The number of carboxylic acids is 1. The maximum Gasteiger partial charge on any atom is 0.309 e. The van der Waals surface area contributed by atoms with Crippen LogP contribution in [0.5, 0.6) is 0 Å². The summed E-state index contributed by atoms with van der Waals surface area (Å²) in [6.45, 7) is 1.79. The second-order valence-electron chi connectivity index (χ2n) is 4.28. The Morgan fingerprint density at radius 2 is 1.93 bits per heavy atom. The van der Waals surface area contributed by atoms with Gasteiger partial charge in [0.05, 0.1) is 12.0 Å². The van der Waals surface area contributed by atoms with Gasteiger partial charge in [0.1, 0.15) is 0 Å². The Kier molecular flexibility index (Phi) is 4.82. The third-order valence-corrected chi connectivity index (χ3v) is 3.20. The molecule has 2 N–H and O–H groups in total. The average molecular weight is 212 g/mol. The van der Waals surface area contributed by atoms with E-state index < -0.39 is 18.0 Å². The van der Waals surface area contributed by atoms with Crippen molar-refractivity contribution in [2.45, 2.75) is 45.1 Å². The molecule has 2 atom stereocenters. The summed E-state index contributed by atoms with van der Waals surface area (Å²) >= 11 is 0. The van der Waals surface area contributed by atoms with E-state index in [0.29, 0.717) is 0 Å². The molecule has 3 heteroatoms. The summed E-state index contributed by atoms with van der Waals surface area (Å²) in [5, 5.41) is 18.9. The van der Waals surface area contributed by atoms with Crippen LogP contribution in [0.3, 0.4) is 0 Å². The molecule has 86 valence electrons. The highest BCUT2D eigenvalue weighted by atomic mass is 16.4. The van der Waals surface area contributed by atoms with Gasteiger partial charge in [0.25, 0.3) is 0 Å². The Morgan fingerprint density at radius 3 is 2.40 bits per heavy atom. The number of aliphatic hydroxyl groups excluding tert-OH is 1. The van der Waals surface area contributed by atoms with E-state index in [4.69, 9.17) is 5.11 Å². The molecule has 0 aromatic carbocycles. The molecule has 1 aliphatic rings. The summed E-state index contributed by atoms with van der Waals surface area (Å²) < 4.78 is 0. The van der Waals surface area contributed by atoms with E-state index in [9.17, 15) is 9.90 Å². The third-order valence-electron chi connectivity index (χ3n) is 3.20. The summed E-state index contributed by atoms with van der Waals surface area (Å²) in [6.07, 6.45) is 7.71. The van der Waals surface area contributed by atoms with Gasteiger partial charge >= 0.3 is 5.97 Å². The Hall–Kier alpha value is -0.830. The number of hydrogen-bond donors (Lipinski definition) is 2. The molecule has 0 aromatic heterocycles. The molecule has 0 aromatic rings. The highest BCUT2D eigenvalue weighted by Crippen LogP contribution is 2.32. The Morgan fingerprint density at radius 1 is 1.33 bits per heavy atom. The summed E-state index contributed by atoms with van der Waals surface area (Å²) in [5.74, 6) is -1.35. The fourth-order valence-electron chi connectivity index (χ4n) is 2.44. The van der Waals surface area contributed by atoms with Crippen LogP contribution in [-0.4, -0.2) is 22.3 Å². The van der Waals surface area contributed by atoms with Gasteiger partial charge in [-0.2, -0.15) is 0 Å². The number of rotatable bonds is 4. The smallest absolute Gasteiger partial charge is 0.309 e. The zero-order valence-corrected chi connectivity index (χ0v) is 9.22. The number of carboxylic acid groups (broad SMARTS) is 1. The van der Waals surface area contributed by atoms with Gasteiger partial charge in [-0.25, -0.2) is 0 Å². The van der Waals surface area contributed by atoms with E-state index in [0.717, 1.165) is 25.7 Å². The van der Waals surface area contributed by atoms with Gasteiger partial charge in [-0.1, -0.05) is 31.4 Å². The molecule has 0 unspecified atom stereocenters. The van der Waals surface area contributed by atoms with Crippen LogP contribution >= 0.6 is 0 Å². The zero-order valence-electron chi connectivity index (χ0n) is 9.22. The fraction of sp³-hybridized carbons (Fsp3) is 0.750. The van der Waals surface area contributed by atoms with Crippen LogP contribution in [-0.2, 0) is 4.79 Å². The Bertz CT molecular complexity index is 229. The van der Waals surface area contributed by atoms with E-state index in [1.165, 1.54) is 6.42 Å². The van der Waals surface area contributed by atoms with Gasteiger partial charge in [-0.15, -0.1) is 0 Å². The molecule has 1 aliphatic carbocycles. The highest BCUT2D eigenvalue weighted by molar-refractivity contribution is 5.71. The first kappa shape index (κ1) is 12.2. The van der Waals surface area contributed by atoms with Crippen molar-refractivity contribution in [1.82, 2.24) is 0 Å².